The third kappa shape index (κ3) is 3.82. The van der Waals surface area contributed by atoms with Crippen LogP contribution >= 0.6 is 0 Å². The Kier molecular flexibility index (Phi) is 4.99. The van der Waals surface area contributed by atoms with Gasteiger partial charge in [-0.05, 0) is 38.1 Å². The molecule has 0 bridgehead atoms. The summed E-state index contributed by atoms with van der Waals surface area (Å²) in [5.41, 5.74) is 0.985. The van der Waals surface area contributed by atoms with Gasteiger partial charge in [0.25, 0.3) is 0 Å². The number of nitrogens with zero attached hydrogens (tertiary/aromatic N) is 3. The monoisotopic (exact) mass is 307 g/mol. The van der Waals surface area contributed by atoms with E-state index in [1.54, 1.807) is 31.3 Å². The van der Waals surface area contributed by atoms with E-state index in [1.165, 1.54) is 4.31 Å². The number of nitriles is 1. The average molecular weight is 307 g/mol. The minimum atomic E-state index is -3.40. The number of likely N-dealkylation sites (tertiary alicyclic amines) is 1. The molecule has 1 saturated heterocycles. The number of rotatable bonds is 5. The predicted molar refractivity (Wildman–Crippen MR) is 82.1 cm³/mol. The molecule has 5 nitrogen and oxygen atoms in total. The predicted octanol–water partition coefficient (Wildman–Crippen LogP) is 1.41. The molecule has 0 radical (unpaired) electrons. The number of sulfonamides is 1. The van der Waals surface area contributed by atoms with Gasteiger partial charge in [-0.1, -0.05) is 18.2 Å². The highest BCUT2D eigenvalue weighted by Gasteiger charge is 2.27. The second-order valence-corrected chi connectivity index (χ2v) is 7.66. The van der Waals surface area contributed by atoms with Crippen LogP contribution in [0.4, 0.5) is 0 Å². The fraction of sp³-hybridized carbons (Fsp3) is 0.533. The number of hydrogen-bond acceptors (Lipinski definition) is 4. The van der Waals surface area contributed by atoms with Gasteiger partial charge in [-0.25, -0.2) is 12.7 Å². The van der Waals surface area contributed by atoms with Crippen molar-refractivity contribution in [2.45, 2.75) is 24.6 Å². The zero-order valence-electron chi connectivity index (χ0n) is 12.5. The van der Waals surface area contributed by atoms with Crippen LogP contribution < -0.4 is 0 Å². The van der Waals surface area contributed by atoms with Crippen LogP contribution in [0.5, 0.6) is 0 Å². The van der Waals surface area contributed by atoms with Crippen LogP contribution in [0, 0.1) is 11.3 Å². The highest BCUT2D eigenvalue weighted by molar-refractivity contribution is 7.88. The molecule has 1 aromatic carbocycles. The van der Waals surface area contributed by atoms with E-state index in [4.69, 9.17) is 5.26 Å². The third-order valence-electron chi connectivity index (χ3n) is 4.09. The normalized spacial score (nSPS) is 19.8. The lowest BCUT2D eigenvalue weighted by atomic mass is 10.1. The third-order valence-corrected chi connectivity index (χ3v) is 5.86. The molecule has 1 aliphatic heterocycles. The summed E-state index contributed by atoms with van der Waals surface area (Å²) >= 11 is 0. The van der Waals surface area contributed by atoms with Crippen LogP contribution in [0.1, 0.15) is 24.0 Å². The first-order valence-corrected chi connectivity index (χ1v) is 8.67. The minimum Gasteiger partial charge on any atom is -0.302 e. The molecule has 0 aliphatic carbocycles. The van der Waals surface area contributed by atoms with E-state index in [9.17, 15) is 8.42 Å². The lowest BCUT2D eigenvalue weighted by molar-refractivity contribution is 0.271. The molecular formula is C15H21N3O2S. The van der Waals surface area contributed by atoms with Crippen molar-refractivity contribution in [2.75, 3.05) is 27.2 Å². The Bertz CT molecular complexity index is 637. The van der Waals surface area contributed by atoms with Gasteiger partial charge in [0.1, 0.15) is 0 Å². The van der Waals surface area contributed by atoms with Crippen molar-refractivity contribution < 1.29 is 8.42 Å². The van der Waals surface area contributed by atoms with Crippen LogP contribution in [0.2, 0.25) is 0 Å². The van der Waals surface area contributed by atoms with Crippen LogP contribution in [-0.2, 0) is 15.8 Å². The largest absolute Gasteiger partial charge is 0.302 e. The maximum atomic E-state index is 12.5. The van der Waals surface area contributed by atoms with E-state index in [0.29, 0.717) is 17.7 Å². The van der Waals surface area contributed by atoms with Crippen molar-refractivity contribution in [1.29, 1.82) is 5.26 Å². The van der Waals surface area contributed by atoms with Gasteiger partial charge in [0.2, 0.25) is 10.0 Å². The Morgan fingerprint density at radius 2 is 2.14 bits per heavy atom. The standard InChI is InChI=1S/C15H21N3O2S/c1-17-9-5-8-15(17)11-18(2)21(19,20)12-14-7-4-3-6-13(14)10-16/h3-4,6-7,15H,5,8-9,11-12H2,1-2H3. The second kappa shape index (κ2) is 6.56. The van der Waals surface area contributed by atoms with Gasteiger partial charge in [-0.2, -0.15) is 5.26 Å². The van der Waals surface area contributed by atoms with Gasteiger partial charge in [0, 0.05) is 19.6 Å². The smallest absolute Gasteiger partial charge is 0.218 e. The van der Waals surface area contributed by atoms with E-state index in [2.05, 4.69) is 4.90 Å². The van der Waals surface area contributed by atoms with Gasteiger partial charge in [0.05, 0.1) is 17.4 Å². The Hall–Kier alpha value is -1.42. The Balaban J connectivity index is 2.09. The highest BCUT2D eigenvalue weighted by atomic mass is 32.2. The molecule has 2 rings (SSSR count). The zero-order valence-corrected chi connectivity index (χ0v) is 13.3. The molecule has 0 N–H and O–H groups in total. The fourth-order valence-corrected chi connectivity index (χ4v) is 3.95. The van der Waals surface area contributed by atoms with E-state index in [-0.39, 0.29) is 11.8 Å². The lowest BCUT2D eigenvalue weighted by Crippen LogP contribution is -2.40. The molecule has 0 spiro atoms. The molecule has 1 atom stereocenters. The lowest BCUT2D eigenvalue weighted by Gasteiger charge is -2.25. The molecule has 6 heteroatoms. The fourth-order valence-electron chi connectivity index (χ4n) is 2.68. The summed E-state index contributed by atoms with van der Waals surface area (Å²) in [4.78, 5) is 2.20. The Morgan fingerprint density at radius 3 is 2.76 bits per heavy atom. The molecule has 0 aromatic heterocycles. The number of benzene rings is 1. The van der Waals surface area contributed by atoms with Crippen molar-refractivity contribution in [1.82, 2.24) is 9.21 Å². The second-order valence-electron chi connectivity index (χ2n) is 5.58. The van der Waals surface area contributed by atoms with Crippen molar-refractivity contribution in [3.05, 3.63) is 35.4 Å². The average Bonchev–Trinajstić information content (AvgIpc) is 2.84. The molecule has 1 aliphatic rings. The van der Waals surface area contributed by atoms with Crippen LogP contribution in [-0.4, -0.2) is 50.8 Å². The first-order valence-electron chi connectivity index (χ1n) is 7.06. The highest BCUT2D eigenvalue weighted by Crippen LogP contribution is 2.19. The van der Waals surface area contributed by atoms with Crippen molar-refractivity contribution in [3.8, 4) is 6.07 Å². The van der Waals surface area contributed by atoms with Gasteiger partial charge in [-0.15, -0.1) is 0 Å². The first kappa shape index (κ1) is 16.0. The topological polar surface area (TPSA) is 64.4 Å². The van der Waals surface area contributed by atoms with E-state index in [1.807, 2.05) is 13.1 Å². The molecule has 21 heavy (non-hydrogen) atoms. The Morgan fingerprint density at radius 1 is 1.43 bits per heavy atom. The molecule has 1 fully saturated rings. The molecule has 0 saturated carbocycles. The number of likely N-dealkylation sites (N-methyl/N-ethyl adjacent to an activating group) is 2. The maximum Gasteiger partial charge on any atom is 0.218 e. The zero-order chi connectivity index (χ0) is 15.5. The van der Waals surface area contributed by atoms with E-state index >= 15 is 0 Å². The Labute approximate surface area is 126 Å². The molecule has 0 amide bonds. The quantitative estimate of drug-likeness (QED) is 0.825. The van der Waals surface area contributed by atoms with Crippen LogP contribution in [0.15, 0.2) is 24.3 Å². The van der Waals surface area contributed by atoms with Gasteiger partial charge in [-0.3, -0.25) is 0 Å². The van der Waals surface area contributed by atoms with Gasteiger partial charge >= 0.3 is 0 Å². The molecule has 1 aromatic rings. The van der Waals surface area contributed by atoms with Gasteiger partial charge < -0.3 is 4.90 Å². The minimum absolute atomic E-state index is 0.121. The SMILES string of the molecule is CN1CCCC1CN(C)S(=O)(=O)Cc1ccccc1C#N. The van der Waals surface area contributed by atoms with E-state index in [0.717, 1.165) is 19.4 Å². The summed E-state index contributed by atoms with van der Waals surface area (Å²) in [6.07, 6.45) is 2.15. The van der Waals surface area contributed by atoms with Gasteiger partial charge in [0.15, 0.2) is 0 Å². The molecular weight excluding hydrogens is 286 g/mol. The van der Waals surface area contributed by atoms with Crippen molar-refractivity contribution in [3.63, 3.8) is 0 Å². The first-order chi connectivity index (χ1) is 9.94. The van der Waals surface area contributed by atoms with Crippen molar-refractivity contribution >= 4 is 10.0 Å². The summed E-state index contributed by atoms with van der Waals surface area (Å²) in [6, 6.07) is 9.18. The summed E-state index contributed by atoms with van der Waals surface area (Å²) < 4.78 is 26.3. The summed E-state index contributed by atoms with van der Waals surface area (Å²) in [5, 5.41) is 9.05. The summed E-state index contributed by atoms with van der Waals surface area (Å²) in [6.45, 7) is 1.53. The summed E-state index contributed by atoms with van der Waals surface area (Å²) in [5.74, 6) is -0.121. The molecule has 114 valence electrons. The number of hydrogen-bond donors (Lipinski definition) is 0. The summed E-state index contributed by atoms with van der Waals surface area (Å²) in [7, 11) is 0.251. The maximum absolute atomic E-state index is 12.5. The van der Waals surface area contributed by atoms with E-state index < -0.39 is 10.0 Å². The molecule has 1 heterocycles. The van der Waals surface area contributed by atoms with Crippen molar-refractivity contribution in [2.24, 2.45) is 0 Å². The van der Waals surface area contributed by atoms with Crippen LogP contribution in [0.3, 0.4) is 0 Å². The van der Waals surface area contributed by atoms with Crippen LogP contribution in [0.25, 0.3) is 0 Å². The molecule has 1 unspecified atom stereocenters.